The van der Waals surface area contributed by atoms with Crippen LogP contribution in [0.5, 0.6) is 5.75 Å². The van der Waals surface area contributed by atoms with Crippen molar-refractivity contribution in [3.63, 3.8) is 0 Å². The molecule has 2 heteroatoms. The molecule has 2 N–H and O–H groups in total. The van der Waals surface area contributed by atoms with Gasteiger partial charge in [0.15, 0.2) is 0 Å². The van der Waals surface area contributed by atoms with Crippen LogP contribution in [0.15, 0.2) is 24.3 Å². The van der Waals surface area contributed by atoms with Crippen molar-refractivity contribution in [3.8, 4) is 5.75 Å². The second kappa shape index (κ2) is 8.43. The van der Waals surface area contributed by atoms with E-state index in [4.69, 9.17) is 0 Å². The molecule has 0 bridgehead atoms. The Morgan fingerprint density at radius 3 is 2.29 bits per heavy atom. The Kier molecular flexibility index (Phi) is 6.56. The van der Waals surface area contributed by atoms with E-state index in [0.29, 0.717) is 17.6 Å². The summed E-state index contributed by atoms with van der Waals surface area (Å²) in [5, 5.41) is 19.7. The normalized spacial score (nSPS) is 23.9. The van der Waals surface area contributed by atoms with Crippen LogP contribution in [0.1, 0.15) is 76.2 Å². The van der Waals surface area contributed by atoms with Crippen LogP contribution in [0.25, 0.3) is 0 Å². The summed E-state index contributed by atoms with van der Waals surface area (Å²) >= 11 is 0. The lowest BCUT2D eigenvalue weighted by Crippen LogP contribution is -2.25. The Morgan fingerprint density at radius 1 is 1.00 bits per heavy atom. The summed E-state index contributed by atoms with van der Waals surface area (Å²) in [6, 6.07) is 7.65. The van der Waals surface area contributed by atoms with Crippen LogP contribution in [-0.2, 0) is 0 Å². The second-order valence-corrected chi connectivity index (χ2v) is 6.62. The Hall–Kier alpha value is -1.02. The van der Waals surface area contributed by atoms with Gasteiger partial charge in [0.25, 0.3) is 0 Å². The maximum atomic E-state index is 10.3. The lowest BCUT2D eigenvalue weighted by molar-refractivity contribution is 0.0712. The molecular weight excluding hydrogens is 260 g/mol. The molecule has 0 heterocycles. The topological polar surface area (TPSA) is 40.5 Å². The minimum atomic E-state index is -0.0948. The average Bonchev–Trinajstić information content (AvgIpc) is 2.52. The second-order valence-electron chi connectivity index (χ2n) is 6.62. The van der Waals surface area contributed by atoms with Crippen LogP contribution in [0.2, 0.25) is 0 Å². The molecule has 2 nitrogen and oxygen atoms in total. The molecule has 1 saturated carbocycles. The molecule has 2 rings (SSSR count). The van der Waals surface area contributed by atoms with Gasteiger partial charge in [0, 0.05) is 0 Å². The summed E-state index contributed by atoms with van der Waals surface area (Å²) in [5.74, 6) is 1.45. The van der Waals surface area contributed by atoms with Gasteiger partial charge >= 0.3 is 0 Å². The fourth-order valence-electron chi connectivity index (χ4n) is 3.60. The number of aliphatic hydroxyl groups excluding tert-OH is 1. The standard InChI is InChI=1S/C19H30O2/c1-2-3-4-5-6-19(21)17-9-7-15(8-10-17)16-11-13-18(20)14-12-16/h11-15,17,19-21H,2-10H2,1H3. The minimum absolute atomic E-state index is 0.0948. The maximum absolute atomic E-state index is 10.3. The first-order valence-electron chi connectivity index (χ1n) is 8.67. The fourth-order valence-corrected chi connectivity index (χ4v) is 3.60. The van der Waals surface area contributed by atoms with Crippen molar-refractivity contribution in [1.29, 1.82) is 0 Å². The molecule has 0 spiro atoms. The molecular formula is C19H30O2. The SMILES string of the molecule is CCCCCCC(O)C1CCC(c2ccc(O)cc2)CC1. The highest BCUT2D eigenvalue weighted by Gasteiger charge is 2.26. The van der Waals surface area contributed by atoms with E-state index in [1.54, 1.807) is 12.1 Å². The van der Waals surface area contributed by atoms with E-state index in [-0.39, 0.29) is 6.10 Å². The zero-order chi connectivity index (χ0) is 15.1. The number of phenols is 1. The van der Waals surface area contributed by atoms with E-state index in [0.717, 1.165) is 19.3 Å². The van der Waals surface area contributed by atoms with Crippen molar-refractivity contribution >= 4 is 0 Å². The molecule has 0 saturated heterocycles. The summed E-state index contributed by atoms with van der Waals surface area (Å²) in [7, 11) is 0. The van der Waals surface area contributed by atoms with Crippen molar-refractivity contribution in [3.05, 3.63) is 29.8 Å². The van der Waals surface area contributed by atoms with Gasteiger partial charge in [0.05, 0.1) is 6.10 Å². The third-order valence-electron chi connectivity index (χ3n) is 5.03. The van der Waals surface area contributed by atoms with Gasteiger partial charge in [-0.2, -0.15) is 0 Å². The quantitative estimate of drug-likeness (QED) is 0.694. The zero-order valence-corrected chi connectivity index (χ0v) is 13.3. The Labute approximate surface area is 129 Å². The van der Waals surface area contributed by atoms with Gasteiger partial charge in [-0.05, 0) is 61.6 Å². The van der Waals surface area contributed by atoms with E-state index < -0.39 is 0 Å². The highest BCUT2D eigenvalue weighted by atomic mass is 16.3. The van der Waals surface area contributed by atoms with Crippen LogP contribution < -0.4 is 0 Å². The number of hydrogen-bond acceptors (Lipinski definition) is 2. The van der Waals surface area contributed by atoms with Crippen LogP contribution in [0, 0.1) is 5.92 Å². The smallest absolute Gasteiger partial charge is 0.115 e. The molecule has 1 unspecified atom stereocenters. The lowest BCUT2D eigenvalue weighted by Gasteiger charge is -2.31. The number of phenolic OH excluding ortho intramolecular Hbond substituents is 1. The molecule has 0 aliphatic heterocycles. The zero-order valence-electron chi connectivity index (χ0n) is 13.3. The van der Waals surface area contributed by atoms with Gasteiger partial charge in [0.1, 0.15) is 5.75 Å². The number of rotatable bonds is 7. The average molecular weight is 290 g/mol. The summed E-state index contributed by atoms with van der Waals surface area (Å²) < 4.78 is 0. The van der Waals surface area contributed by atoms with Crippen molar-refractivity contribution in [2.45, 2.75) is 76.7 Å². The molecule has 21 heavy (non-hydrogen) atoms. The third kappa shape index (κ3) is 5.03. The monoisotopic (exact) mass is 290 g/mol. The van der Waals surface area contributed by atoms with E-state index >= 15 is 0 Å². The number of hydrogen-bond donors (Lipinski definition) is 2. The van der Waals surface area contributed by atoms with E-state index in [1.165, 1.54) is 44.1 Å². The van der Waals surface area contributed by atoms with Gasteiger partial charge in [-0.25, -0.2) is 0 Å². The molecule has 1 aliphatic rings. The number of aromatic hydroxyl groups is 1. The molecule has 0 amide bonds. The van der Waals surface area contributed by atoms with Crippen molar-refractivity contribution in [2.75, 3.05) is 0 Å². The molecule has 1 aromatic carbocycles. The number of unbranched alkanes of at least 4 members (excludes halogenated alkanes) is 3. The molecule has 1 aromatic rings. The lowest BCUT2D eigenvalue weighted by atomic mass is 9.76. The van der Waals surface area contributed by atoms with Crippen LogP contribution in [0.3, 0.4) is 0 Å². The van der Waals surface area contributed by atoms with Crippen LogP contribution in [-0.4, -0.2) is 16.3 Å². The van der Waals surface area contributed by atoms with Gasteiger partial charge in [-0.1, -0.05) is 44.7 Å². The first-order chi connectivity index (χ1) is 10.2. The summed E-state index contributed by atoms with van der Waals surface area (Å²) in [4.78, 5) is 0. The Morgan fingerprint density at radius 2 is 1.67 bits per heavy atom. The molecule has 0 radical (unpaired) electrons. The molecule has 1 atom stereocenters. The molecule has 1 aliphatic carbocycles. The molecule has 0 aromatic heterocycles. The highest BCUT2D eigenvalue weighted by molar-refractivity contribution is 5.28. The first kappa shape index (κ1) is 16.4. The highest BCUT2D eigenvalue weighted by Crippen LogP contribution is 2.38. The molecule has 1 fully saturated rings. The van der Waals surface area contributed by atoms with E-state index in [1.807, 2.05) is 12.1 Å². The Bertz CT molecular complexity index is 391. The van der Waals surface area contributed by atoms with Gasteiger partial charge in [0.2, 0.25) is 0 Å². The minimum Gasteiger partial charge on any atom is -0.508 e. The fraction of sp³-hybridized carbons (Fsp3) is 0.684. The van der Waals surface area contributed by atoms with E-state index in [2.05, 4.69) is 6.92 Å². The van der Waals surface area contributed by atoms with Crippen molar-refractivity contribution < 1.29 is 10.2 Å². The van der Waals surface area contributed by atoms with Crippen molar-refractivity contribution in [1.82, 2.24) is 0 Å². The predicted octanol–water partition coefficient (Wildman–Crippen LogP) is 5.00. The maximum Gasteiger partial charge on any atom is 0.115 e. The van der Waals surface area contributed by atoms with Gasteiger partial charge in [-0.3, -0.25) is 0 Å². The van der Waals surface area contributed by atoms with Crippen LogP contribution >= 0.6 is 0 Å². The number of aliphatic hydroxyl groups is 1. The predicted molar refractivity (Wildman–Crippen MR) is 87.6 cm³/mol. The van der Waals surface area contributed by atoms with Crippen molar-refractivity contribution in [2.24, 2.45) is 5.92 Å². The summed E-state index contributed by atoms with van der Waals surface area (Å²) in [6.45, 7) is 2.22. The molecule has 118 valence electrons. The number of benzene rings is 1. The van der Waals surface area contributed by atoms with E-state index in [9.17, 15) is 10.2 Å². The summed E-state index contributed by atoms with van der Waals surface area (Å²) in [5.41, 5.74) is 1.34. The van der Waals surface area contributed by atoms with Crippen LogP contribution in [0.4, 0.5) is 0 Å². The first-order valence-corrected chi connectivity index (χ1v) is 8.67. The third-order valence-corrected chi connectivity index (χ3v) is 5.03. The summed E-state index contributed by atoms with van der Waals surface area (Å²) in [6.07, 6.45) is 10.5. The van der Waals surface area contributed by atoms with Gasteiger partial charge < -0.3 is 10.2 Å². The Balaban J connectivity index is 1.73. The van der Waals surface area contributed by atoms with Gasteiger partial charge in [-0.15, -0.1) is 0 Å². The largest absolute Gasteiger partial charge is 0.508 e.